The van der Waals surface area contributed by atoms with E-state index < -0.39 is 0 Å². The third-order valence-electron chi connectivity index (χ3n) is 3.32. The van der Waals surface area contributed by atoms with Crippen molar-refractivity contribution in [2.24, 2.45) is 7.05 Å². The first-order valence-corrected chi connectivity index (χ1v) is 7.79. The number of unbranched alkanes of at least 4 members (excludes halogenated alkanes) is 2. The number of aromatic nitrogens is 2. The molecule has 20 heavy (non-hydrogen) atoms. The van der Waals surface area contributed by atoms with Gasteiger partial charge in [-0.1, -0.05) is 31.5 Å². The molecule has 2 heterocycles. The lowest BCUT2D eigenvalue weighted by molar-refractivity contribution is -0.117. The Balaban J connectivity index is 2.23. The summed E-state index contributed by atoms with van der Waals surface area (Å²) in [4.78, 5) is 29.8. The molecule has 0 fully saturated rings. The molecule has 1 aromatic heterocycles. The molecule has 0 bridgehead atoms. The summed E-state index contributed by atoms with van der Waals surface area (Å²) >= 11 is 1.63. The van der Waals surface area contributed by atoms with Gasteiger partial charge in [0, 0.05) is 19.8 Å². The number of amides is 2. The quantitative estimate of drug-likeness (QED) is 0.659. The first-order valence-electron chi connectivity index (χ1n) is 6.80. The number of anilines is 1. The Kier molecular flexibility index (Phi) is 4.69. The van der Waals surface area contributed by atoms with Crippen LogP contribution in [0.1, 0.15) is 36.7 Å². The Morgan fingerprint density at radius 1 is 1.30 bits per heavy atom. The van der Waals surface area contributed by atoms with Crippen molar-refractivity contribution in [2.45, 2.75) is 31.3 Å². The average molecular weight is 296 g/mol. The lowest BCUT2D eigenvalue weighted by Gasteiger charge is -2.11. The minimum Gasteiger partial charge on any atom is -0.342 e. The lowest BCUT2D eigenvalue weighted by atomic mass is 10.3. The van der Waals surface area contributed by atoms with E-state index in [1.165, 1.54) is 17.7 Å². The van der Waals surface area contributed by atoms with E-state index in [9.17, 15) is 9.59 Å². The number of rotatable bonds is 5. The maximum absolute atomic E-state index is 12.0. The van der Waals surface area contributed by atoms with E-state index in [2.05, 4.69) is 17.2 Å². The Morgan fingerprint density at radius 2 is 2.05 bits per heavy atom. The van der Waals surface area contributed by atoms with Crippen LogP contribution in [-0.4, -0.2) is 40.7 Å². The molecule has 0 saturated carbocycles. The highest BCUT2D eigenvalue weighted by atomic mass is 32.2. The first-order chi connectivity index (χ1) is 9.56. The minimum absolute atomic E-state index is 0.0185. The highest BCUT2D eigenvalue weighted by Crippen LogP contribution is 2.27. The van der Waals surface area contributed by atoms with Crippen molar-refractivity contribution in [3.63, 3.8) is 0 Å². The van der Waals surface area contributed by atoms with Crippen LogP contribution in [0.2, 0.25) is 0 Å². The van der Waals surface area contributed by atoms with Crippen LogP contribution >= 0.6 is 11.8 Å². The van der Waals surface area contributed by atoms with Crippen LogP contribution in [0.3, 0.4) is 0 Å². The summed E-state index contributed by atoms with van der Waals surface area (Å²) in [5, 5.41) is 3.39. The summed E-state index contributed by atoms with van der Waals surface area (Å²) < 4.78 is 1.77. The first kappa shape index (κ1) is 14.9. The zero-order chi connectivity index (χ0) is 14.7. The van der Waals surface area contributed by atoms with E-state index in [0.717, 1.165) is 17.3 Å². The maximum atomic E-state index is 12.0. The molecular formula is C13H20N4O2S. The second kappa shape index (κ2) is 6.30. The monoisotopic (exact) mass is 296 g/mol. The van der Waals surface area contributed by atoms with Gasteiger partial charge in [-0.3, -0.25) is 14.5 Å². The fourth-order valence-electron chi connectivity index (χ4n) is 2.07. The van der Waals surface area contributed by atoms with E-state index in [1.54, 1.807) is 23.4 Å². The molecule has 7 heteroatoms. The third kappa shape index (κ3) is 2.82. The second-order valence-electron chi connectivity index (χ2n) is 4.82. The largest absolute Gasteiger partial charge is 0.342 e. The molecule has 0 radical (unpaired) electrons. The van der Waals surface area contributed by atoms with Crippen molar-refractivity contribution < 1.29 is 9.59 Å². The highest BCUT2D eigenvalue weighted by Gasteiger charge is 2.29. The zero-order valence-electron chi connectivity index (χ0n) is 12.1. The topological polar surface area (TPSA) is 67.2 Å². The van der Waals surface area contributed by atoms with E-state index in [0.29, 0.717) is 11.5 Å². The van der Waals surface area contributed by atoms with Crippen LogP contribution in [0.4, 0.5) is 5.82 Å². The predicted molar refractivity (Wildman–Crippen MR) is 79.2 cm³/mol. The number of hydrogen-bond acceptors (Lipinski definition) is 4. The molecule has 0 spiro atoms. The van der Waals surface area contributed by atoms with Crippen LogP contribution < -0.4 is 10.2 Å². The van der Waals surface area contributed by atoms with E-state index in [-0.39, 0.29) is 18.4 Å². The molecule has 1 aliphatic heterocycles. The molecule has 1 N–H and O–H groups in total. The van der Waals surface area contributed by atoms with Gasteiger partial charge in [0.2, 0.25) is 5.91 Å². The van der Waals surface area contributed by atoms with Crippen molar-refractivity contribution in [2.75, 3.05) is 24.2 Å². The summed E-state index contributed by atoms with van der Waals surface area (Å²) in [5.41, 5.74) is 0.455. The summed E-state index contributed by atoms with van der Waals surface area (Å²) in [5.74, 6) is 1.02. The normalized spacial score (nSPS) is 15.1. The molecular weight excluding hydrogens is 276 g/mol. The number of imidazole rings is 1. The number of fused-ring (bicyclic) bond motifs is 1. The Bertz CT molecular complexity index is 527. The molecule has 2 amide bonds. The van der Waals surface area contributed by atoms with Gasteiger partial charge < -0.3 is 9.88 Å². The highest BCUT2D eigenvalue weighted by molar-refractivity contribution is 7.99. The van der Waals surface area contributed by atoms with Gasteiger partial charge in [0.1, 0.15) is 0 Å². The van der Waals surface area contributed by atoms with Crippen molar-refractivity contribution >= 4 is 29.4 Å². The lowest BCUT2D eigenvalue weighted by Crippen LogP contribution is -2.34. The summed E-state index contributed by atoms with van der Waals surface area (Å²) in [6, 6.07) is 0. The van der Waals surface area contributed by atoms with Crippen LogP contribution in [0.25, 0.3) is 0 Å². The molecule has 0 aliphatic carbocycles. The van der Waals surface area contributed by atoms with Crippen LogP contribution in [0, 0.1) is 0 Å². The molecule has 2 rings (SSSR count). The Hall–Kier alpha value is -1.50. The van der Waals surface area contributed by atoms with Crippen molar-refractivity contribution in [1.29, 1.82) is 0 Å². The molecule has 0 unspecified atom stereocenters. The van der Waals surface area contributed by atoms with E-state index in [1.807, 2.05) is 7.05 Å². The zero-order valence-corrected chi connectivity index (χ0v) is 12.9. The number of nitrogens with zero attached hydrogens (tertiary/aromatic N) is 3. The Morgan fingerprint density at radius 3 is 2.75 bits per heavy atom. The molecule has 110 valence electrons. The Labute approximate surface area is 122 Å². The standard InChI is InChI=1S/C13H20N4O2S/c1-4-5-6-7-20-13-15-11-10(17(13)3)12(19)14-8-9(18)16(11)2/h4-8H2,1-3H3,(H,14,19). The van der Waals surface area contributed by atoms with Gasteiger partial charge in [0.25, 0.3) is 5.91 Å². The average Bonchev–Trinajstić information content (AvgIpc) is 2.71. The maximum Gasteiger partial charge on any atom is 0.272 e. The van der Waals surface area contributed by atoms with Gasteiger partial charge in [-0.2, -0.15) is 0 Å². The van der Waals surface area contributed by atoms with E-state index >= 15 is 0 Å². The van der Waals surface area contributed by atoms with Gasteiger partial charge >= 0.3 is 0 Å². The van der Waals surface area contributed by atoms with Gasteiger partial charge in [-0.05, 0) is 6.42 Å². The summed E-state index contributed by atoms with van der Waals surface area (Å²) in [6.45, 7) is 2.18. The van der Waals surface area contributed by atoms with Gasteiger partial charge in [0.15, 0.2) is 16.7 Å². The van der Waals surface area contributed by atoms with Crippen molar-refractivity contribution in [3.05, 3.63) is 5.69 Å². The molecule has 1 aliphatic rings. The fourth-order valence-corrected chi connectivity index (χ4v) is 3.04. The molecule has 0 aromatic carbocycles. The number of nitrogens with one attached hydrogen (secondary N) is 1. The minimum atomic E-state index is -0.242. The van der Waals surface area contributed by atoms with Gasteiger partial charge in [-0.15, -0.1) is 0 Å². The van der Waals surface area contributed by atoms with Crippen molar-refractivity contribution in [3.8, 4) is 0 Å². The van der Waals surface area contributed by atoms with Crippen LogP contribution in [-0.2, 0) is 11.8 Å². The van der Waals surface area contributed by atoms with Gasteiger partial charge in [0.05, 0.1) is 6.54 Å². The van der Waals surface area contributed by atoms with E-state index in [4.69, 9.17) is 0 Å². The molecule has 0 atom stereocenters. The number of carbonyl (C=O) groups is 2. The number of thioether (sulfide) groups is 1. The number of likely N-dealkylation sites (N-methyl/N-ethyl adjacent to an activating group) is 1. The predicted octanol–water partition coefficient (Wildman–Crippen LogP) is 1.41. The van der Waals surface area contributed by atoms with Gasteiger partial charge in [-0.25, -0.2) is 4.98 Å². The van der Waals surface area contributed by atoms with Crippen molar-refractivity contribution in [1.82, 2.24) is 14.9 Å². The SMILES string of the molecule is CCCCCSc1nc2c(n1C)C(=O)NCC(=O)N2C. The third-order valence-corrected chi connectivity index (χ3v) is 4.44. The summed E-state index contributed by atoms with van der Waals surface area (Å²) in [6.07, 6.45) is 3.49. The van der Waals surface area contributed by atoms with Crippen LogP contribution in [0.5, 0.6) is 0 Å². The molecule has 6 nitrogen and oxygen atoms in total. The number of carbonyl (C=O) groups excluding carboxylic acids is 2. The second-order valence-corrected chi connectivity index (χ2v) is 5.88. The fraction of sp³-hybridized carbons (Fsp3) is 0.615. The number of hydrogen-bond donors (Lipinski definition) is 1. The molecule has 0 saturated heterocycles. The summed E-state index contributed by atoms with van der Waals surface area (Å²) in [7, 11) is 3.47. The molecule has 1 aromatic rings. The van der Waals surface area contributed by atoms with Crippen LogP contribution in [0.15, 0.2) is 5.16 Å². The smallest absolute Gasteiger partial charge is 0.272 e.